The van der Waals surface area contributed by atoms with Gasteiger partial charge in [-0.15, -0.1) is 0 Å². The van der Waals surface area contributed by atoms with E-state index >= 15 is 0 Å². The van der Waals surface area contributed by atoms with Crippen LogP contribution in [-0.4, -0.2) is 96.7 Å². The van der Waals surface area contributed by atoms with Crippen molar-refractivity contribution in [2.45, 2.75) is 290 Å². The number of hydrogen-bond acceptors (Lipinski definition) is 15. The van der Waals surface area contributed by atoms with Gasteiger partial charge in [0.05, 0.1) is 32.8 Å². The monoisotopic (exact) mass is 1520 g/mol. The number of aliphatic hydroxyl groups is 1. The van der Waals surface area contributed by atoms with E-state index in [9.17, 15) is 43.2 Å². The van der Waals surface area contributed by atoms with Crippen molar-refractivity contribution >= 4 is 39.5 Å². The maximum Gasteiger partial charge on any atom is 0.472 e. The van der Waals surface area contributed by atoms with E-state index in [1.807, 2.05) is 30.4 Å². The molecule has 5 unspecified atom stereocenters. The predicted molar refractivity (Wildman–Crippen MR) is 436 cm³/mol. The number of aliphatic hydroxyl groups excluding tert-OH is 1. The number of carbonyl (C=O) groups excluding carboxylic acids is 4. The standard InChI is InChI=1S/C87H138O17P2/c1-5-9-13-17-21-25-29-33-37-39-40-42-45-48-52-56-60-64-68-72-85(90)98-78-83(104-87(92)74-70-66-62-58-54-50-46-41-38-34-30-26-22-18-14-10-6-2)80-102-106(95,96)100-76-81(88)75-99-105(93,94)101-79-82(103-86(91)73-69-65-61-57-53-49-44-36-32-28-24-20-16-12-8-4)77-97-84(89)71-67-63-59-55-51-47-43-35-31-27-23-19-15-11-7-3/h9-11,13-15,21-23,25-27,33-38,40,42-44,46,48,50-52,55,58,62-63,67,81-83,88H,5-8,12,16-20,24,28-32,39,41,45,47,49,53-54,56-57,59-61,64-66,68-80H2,1-4H3,(H,93,94)(H,95,96)/b13-9-,14-10-,15-11-,25-21-,26-22-,27-23-,37-33-,38-34-,42-40-,43-35-,44-36-,50-46-,52-48-,55-51-,62-58-,67-63-. The van der Waals surface area contributed by atoms with Crippen LogP contribution in [0.4, 0.5) is 0 Å². The van der Waals surface area contributed by atoms with E-state index in [0.29, 0.717) is 32.1 Å². The van der Waals surface area contributed by atoms with Crippen LogP contribution < -0.4 is 0 Å². The van der Waals surface area contributed by atoms with Gasteiger partial charge in [-0.05, 0) is 161 Å². The molecule has 0 amide bonds. The average Bonchev–Trinajstić information content (AvgIpc) is 0.902. The van der Waals surface area contributed by atoms with E-state index < -0.39 is 97.5 Å². The Labute approximate surface area is 640 Å². The average molecular weight is 1520 g/mol. The molecule has 0 aromatic rings. The molecule has 0 bridgehead atoms. The summed E-state index contributed by atoms with van der Waals surface area (Å²) in [5.41, 5.74) is 0. The molecule has 0 radical (unpaired) electrons. The van der Waals surface area contributed by atoms with Crippen LogP contribution in [0.2, 0.25) is 0 Å². The first-order valence-corrected chi connectivity index (χ1v) is 42.7. The summed E-state index contributed by atoms with van der Waals surface area (Å²) in [6, 6.07) is 0. The lowest BCUT2D eigenvalue weighted by Gasteiger charge is -2.21. The van der Waals surface area contributed by atoms with Crippen LogP contribution in [0.5, 0.6) is 0 Å². The minimum Gasteiger partial charge on any atom is -0.462 e. The van der Waals surface area contributed by atoms with E-state index in [1.165, 1.54) is 38.5 Å². The Balaban J connectivity index is 5.54. The molecule has 19 heteroatoms. The van der Waals surface area contributed by atoms with E-state index in [1.54, 1.807) is 6.08 Å². The van der Waals surface area contributed by atoms with Crippen molar-refractivity contribution in [1.82, 2.24) is 0 Å². The molecular formula is C87H138O17P2. The van der Waals surface area contributed by atoms with E-state index in [4.69, 9.17) is 37.0 Å². The van der Waals surface area contributed by atoms with Gasteiger partial charge in [-0.2, -0.15) is 0 Å². The van der Waals surface area contributed by atoms with Gasteiger partial charge in [0.25, 0.3) is 0 Å². The Morgan fingerprint density at radius 2 is 0.538 bits per heavy atom. The van der Waals surface area contributed by atoms with Crippen molar-refractivity contribution in [3.8, 4) is 0 Å². The van der Waals surface area contributed by atoms with Crippen molar-refractivity contribution < 1.29 is 80.2 Å². The fourth-order valence-electron chi connectivity index (χ4n) is 9.64. The van der Waals surface area contributed by atoms with Crippen molar-refractivity contribution in [3.05, 3.63) is 194 Å². The summed E-state index contributed by atoms with van der Waals surface area (Å²) in [5, 5.41) is 10.6. The van der Waals surface area contributed by atoms with Gasteiger partial charge in [-0.3, -0.25) is 37.3 Å². The predicted octanol–water partition coefficient (Wildman–Crippen LogP) is 23.3. The van der Waals surface area contributed by atoms with E-state index in [-0.39, 0.29) is 25.7 Å². The summed E-state index contributed by atoms with van der Waals surface area (Å²) in [5.74, 6) is -2.46. The normalized spacial score (nSPS) is 14.9. The van der Waals surface area contributed by atoms with Crippen molar-refractivity contribution in [1.29, 1.82) is 0 Å². The largest absolute Gasteiger partial charge is 0.472 e. The number of unbranched alkanes of at least 4 members (excludes halogenated alkanes) is 15. The number of rotatable bonds is 72. The topological polar surface area (TPSA) is 237 Å². The quantitative estimate of drug-likeness (QED) is 0.0169. The van der Waals surface area contributed by atoms with Gasteiger partial charge in [0.1, 0.15) is 19.3 Å². The lowest BCUT2D eigenvalue weighted by molar-refractivity contribution is -0.161. The fraction of sp³-hybridized carbons (Fsp3) is 0.586. The number of hydrogen-bond donors (Lipinski definition) is 3. The molecule has 0 aliphatic rings. The van der Waals surface area contributed by atoms with Crippen molar-refractivity contribution in [2.75, 3.05) is 39.6 Å². The summed E-state index contributed by atoms with van der Waals surface area (Å²) < 4.78 is 68.4. The third-order valence-electron chi connectivity index (χ3n) is 15.6. The molecule has 598 valence electrons. The van der Waals surface area contributed by atoms with Crippen molar-refractivity contribution in [3.63, 3.8) is 0 Å². The zero-order valence-corrected chi connectivity index (χ0v) is 67.1. The molecule has 0 aliphatic heterocycles. The summed E-state index contributed by atoms with van der Waals surface area (Å²) in [6.07, 6.45) is 94.5. The molecule has 0 spiro atoms. The number of ether oxygens (including phenoxy) is 4. The second-order valence-electron chi connectivity index (χ2n) is 25.5. The van der Waals surface area contributed by atoms with Gasteiger partial charge >= 0.3 is 39.5 Å². The Morgan fingerprint density at radius 1 is 0.283 bits per heavy atom. The first-order valence-electron chi connectivity index (χ1n) is 39.7. The number of phosphoric ester groups is 2. The maximum absolute atomic E-state index is 13.1. The van der Waals surface area contributed by atoms with Crippen molar-refractivity contribution in [2.24, 2.45) is 0 Å². The SMILES string of the molecule is CC/C=C\C/C=C\C/C=C\C/C=C\C/C=C\CCCCCC(=O)OCC(COP(=O)(O)OCC(O)COP(=O)(O)OCC(COC(=O)C/C=C\C/C=C\C/C=C\C/C=C\C/C=C\CC)OC(=O)CCCCCCC/C=C\CCCCCCCC)OC(=O)CCC/C=C\C/C=C\C/C=C\C/C=C\C/C=C\CC. The lowest BCUT2D eigenvalue weighted by Crippen LogP contribution is -2.30. The molecule has 3 N–H and O–H groups in total. The van der Waals surface area contributed by atoms with Gasteiger partial charge < -0.3 is 33.8 Å². The highest BCUT2D eigenvalue weighted by molar-refractivity contribution is 7.47. The fourth-order valence-corrected chi connectivity index (χ4v) is 11.2. The zero-order chi connectivity index (χ0) is 77.4. The molecule has 0 saturated carbocycles. The Bertz CT molecular complexity index is 2780. The first-order chi connectivity index (χ1) is 51.7. The Morgan fingerprint density at radius 3 is 0.896 bits per heavy atom. The highest BCUT2D eigenvalue weighted by Gasteiger charge is 2.30. The molecule has 0 saturated heterocycles. The highest BCUT2D eigenvalue weighted by Crippen LogP contribution is 2.45. The minimum absolute atomic E-state index is 0.00160. The van der Waals surface area contributed by atoms with Gasteiger partial charge in [-0.25, -0.2) is 9.13 Å². The second-order valence-corrected chi connectivity index (χ2v) is 28.4. The Hall–Kier alpha value is -6.10. The van der Waals surface area contributed by atoms with E-state index in [2.05, 4.69) is 186 Å². The summed E-state index contributed by atoms with van der Waals surface area (Å²) in [7, 11) is -10.0. The summed E-state index contributed by atoms with van der Waals surface area (Å²) in [4.78, 5) is 73.0. The number of carbonyl (C=O) groups is 4. The number of phosphoric acid groups is 2. The third-order valence-corrected chi connectivity index (χ3v) is 17.5. The highest BCUT2D eigenvalue weighted by atomic mass is 31.2. The summed E-state index contributed by atoms with van der Waals surface area (Å²) in [6.45, 7) is 4.27. The molecule has 5 atom stereocenters. The minimum atomic E-state index is -5.02. The maximum atomic E-state index is 13.1. The van der Waals surface area contributed by atoms with Crippen LogP contribution >= 0.6 is 15.6 Å². The van der Waals surface area contributed by atoms with Gasteiger partial charge in [0, 0.05) is 19.3 Å². The van der Waals surface area contributed by atoms with Gasteiger partial charge in [0.15, 0.2) is 12.2 Å². The molecule has 0 aliphatic carbocycles. The number of esters is 4. The van der Waals surface area contributed by atoms with Crippen LogP contribution in [0.25, 0.3) is 0 Å². The number of allylic oxidation sites excluding steroid dienone is 31. The lowest BCUT2D eigenvalue weighted by atomic mass is 10.1. The molecule has 0 aromatic carbocycles. The smallest absolute Gasteiger partial charge is 0.462 e. The van der Waals surface area contributed by atoms with Crippen LogP contribution in [0.1, 0.15) is 272 Å². The molecule has 17 nitrogen and oxygen atoms in total. The van der Waals surface area contributed by atoms with Crippen LogP contribution in [0.15, 0.2) is 194 Å². The van der Waals surface area contributed by atoms with Gasteiger partial charge in [-0.1, -0.05) is 280 Å². The van der Waals surface area contributed by atoms with Gasteiger partial charge in [0.2, 0.25) is 0 Å². The molecule has 0 heterocycles. The third kappa shape index (κ3) is 76.1. The first kappa shape index (κ1) is 99.9. The van der Waals surface area contributed by atoms with Crippen LogP contribution in [0, 0.1) is 0 Å². The molecule has 0 rings (SSSR count). The van der Waals surface area contributed by atoms with Crippen LogP contribution in [0.3, 0.4) is 0 Å². The van der Waals surface area contributed by atoms with E-state index in [0.717, 1.165) is 148 Å². The molecule has 106 heavy (non-hydrogen) atoms. The molecular weight excluding hydrogens is 1380 g/mol. The summed E-state index contributed by atoms with van der Waals surface area (Å²) >= 11 is 0. The Kier molecular flexibility index (Phi) is 72.6. The molecule has 0 aromatic heterocycles. The van der Waals surface area contributed by atoms with Crippen LogP contribution in [-0.2, 0) is 65.4 Å². The second kappa shape index (κ2) is 77.1. The zero-order valence-electron chi connectivity index (χ0n) is 65.3. The molecule has 0 fully saturated rings.